The summed E-state index contributed by atoms with van der Waals surface area (Å²) in [5.74, 6) is 0.260. The van der Waals surface area contributed by atoms with Gasteiger partial charge in [-0.05, 0) is 38.1 Å². The number of carbonyl (C=O) groups is 1. The van der Waals surface area contributed by atoms with Crippen LogP contribution in [0.25, 0.3) is 22.5 Å². The number of hydrogen-bond acceptors (Lipinski definition) is 5. The minimum Gasteiger partial charge on any atom is -0.451 e. The molecule has 0 bridgehead atoms. The van der Waals surface area contributed by atoms with Crippen LogP contribution in [0.15, 0.2) is 57.9 Å². The summed E-state index contributed by atoms with van der Waals surface area (Å²) in [6.45, 7) is 3.94. The van der Waals surface area contributed by atoms with Crippen LogP contribution in [0, 0.1) is 13.8 Å². The Morgan fingerprint density at radius 1 is 1.18 bits per heavy atom. The number of fused-ring (bicyclic) bond motifs is 1. The van der Waals surface area contributed by atoms with Crippen LogP contribution in [0.4, 0.5) is 0 Å². The average molecular weight is 374 g/mol. The van der Waals surface area contributed by atoms with E-state index in [1.54, 1.807) is 18.3 Å². The van der Waals surface area contributed by atoms with E-state index >= 15 is 0 Å². The summed E-state index contributed by atoms with van der Waals surface area (Å²) in [5.41, 5.74) is 3.22. The van der Waals surface area contributed by atoms with Crippen LogP contribution >= 0.6 is 0 Å². The van der Waals surface area contributed by atoms with Crippen molar-refractivity contribution in [3.63, 3.8) is 0 Å². The third-order valence-corrected chi connectivity index (χ3v) is 4.43. The number of nitrogens with one attached hydrogen (secondary N) is 2. The molecule has 0 radical (unpaired) electrons. The molecule has 0 spiro atoms. The van der Waals surface area contributed by atoms with E-state index in [9.17, 15) is 9.59 Å². The monoisotopic (exact) mass is 374 g/mol. The molecule has 140 valence electrons. The van der Waals surface area contributed by atoms with E-state index in [0.29, 0.717) is 22.8 Å². The Morgan fingerprint density at radius 3 is 2.82 bits per heavy atom. The number of furan rings is 1. The topological polar surface area (TPSA) is 101 Å². The first-order valence-corrected chi connectivity index (χ1v) is 8.81. The maximum atomic E-state index is 12.6. The predicted molar refractivity (Wildman–Crippen MR) is 105 cm³/mol. The summed E-state index contributed by atoms with van der Waals surface area (Å²) < 4.78 is 5.71. The molecule has 0 unspecified atom stereocenters. The summed E-state index contributed by atoms with van der Waals surface area (Å²) in [5, 5.41) is 3.68. The number of benzene rings is 1. The van der Waals surface area contributed by atoms with Gasteiger partial charge in [-0.25, -0.2) is 4.98 Å². The molecule has 7 heteroatoms. The second kappa shape index (κ2) is 7.11. The van der Waals surface area contributed by atoms with Gasteiger partial charge in [0.1, 0.15) is 11.3 Å². The fraction of sp³-hybridized carbons (Fsp3) is 0.143. The first-order chi connectivity index (χ1) is 13.5. The van der Waals surface area contributed by atoms with Crippen LogP contribution in [0.5, 0.6) is 0 Å². The lowest BCUT2D eigenvalue weighted by Gasteiger charge is -2.05. The van der Waals surface area contributed by atoms with E-state index in [1.807, 2.05) is 38.1 Å². The highest BCUT2D eigenvalue weighted by molar-refractivity contribution is 5.99. The van der Waals surface area contributed by atoms with Gasteiger partial charge in [-0.1, -0.05) is 17.7 Å². The lowest BCUT2D eigenvalue weighted by molar-refractivity contribution is 0.0924. The van der Waals surface area contributed by atoms with Crippen LogP contribution in [0.3, 0.4) is 0 Å². The molecule has 1 amide bonds. The zero-order valence-electron chi connectivity index (χ0n) is 15.4. The number of rotatable bonds is 4. The number of H-pyrrole nitrogens is 1. The van der Waals surface area contributed by atoms with Gasteiger partial charge in [0, 0.05) is 23.2 Å². The number of pyridine rings is 1. The van der Waals surface area contributed by atoms with Gasteiger partial charge in [0.25, 0.3) is 11.5 Å². The molecule has 2 N–H and O–H groups in total. The number of hydrogen-bond donors (Lipinski definition) is 2. The molecule has 3 heterocycles. The van der Waals surface area contributed by atoms with E-state index in [0.717, 1.165) is 16.5 Å². The van der Waals surface area contributed by atoms with Crippen molar-refractivity contribution in [1.82, 2.24) is 20.3 Å². The Hall–Kier alpha value is -3.74. The molecule has 0 atom stereocenters. The zero-order chi connectivity index (χ0) is 19.7. The van der Waals surface area contributed by atoms with Crippen molar-refractivity contribution in [3.05, 3.63) is 81.6 Å². The number of carbonyl (C=O) groups excluding carboxylic acids is 1. The SMILES string of the molecule is Cc1ccc2oc(C(=O)NCc3cc(=O)[nH]c(-c4ccccn4)n3)c(C)c2c1. The number of nitrogens with zero attached hydrogens (tertiary/aromatic N) is 2. The van der Waals surface area contributed by atoms with Gasteiger partial charge in [-0.2, -0.15) is 0 Å². The third kappa shape index (κ3) is 3.42. The fourth-order valence-electron chi connectivity index (χ4n) is 3.03. The van der Waals surface area contributed by atoms with Crippen molar-refractivity contribution in [2.75, 3.05) is 0 Å². The van der Waals surface area contributed by atoms with Crippen molar-refractivity contribution in [2.45, 2.75) is 20.4 Å². The minimum absolute atomic E-state index is 0.0953. The van der Waals surface area contributed by atoms with E-state index in [4.69, 9.17) is 4.42 Å². The Labute approximate surface area is 160 Å². The minimum atomic E-state index is -0.354. The molecule has 0 saturated carbocycles. The number of aromatic amines is 1. The highest BCUT2D eigenvalue weighted by Gasteiger charge is 2.18. The molecule has 0 saturated heterocycles. The predicted octanol–water partition coefficient (Wildman–Crippen LogP) is 3.12. The number of amides is 1. The summed E-state index contributed by atoms with van der Waals surface area (Å²) in [6.07, 6.45) is 1.62. The summed E-state index contributed by atoms with van der Waals surface area (Å²) in [6, 6.07) is 12.5. The molecule has 3 aromatic heterocycles. The normalized spacial score (nSPS) is 10.9. The van der Waals surface area contributed by atoms with E-state index in [1.165, 1.54) is 6.07 Å². The van der Waals surface area contributed by atoms with Crippen LogP contribution in [0.2, 0.25) is 0 Å². The van der Waals surface area contributed by atoms with Gasteiger partial charge in [0.05, 0.1) is 12.2 Å². The highest BCUT2D eigenvalue weighted by Crippen LogP contribution is 2.26. The summed E-state index contributed by atoms with van der Waals surface area (Å²) in [7, 11) is 0. The first kappa shape index (κ1) is 17.7. The van der Waals surface area contributed by atoms with Crippen molar-refractivity contribution in [2.24, 2.45) is 0 Å². The van der Waals surface area contributed by atoms with Crippen molar-refractivity contribution in [1.29, 1.82) is 0 Å². The summed E-state index contributed by atoms with van der Waals surface area (Å²) >= 11 is 0. The van der Waals surface area contributed by atoms with Gasteiger partial charge in [-0.3, -0.25) is 14.6 Å². The molecule has 1 aromatic carbocycles. The van der Waals surface area contributed by atoms with Gasteiger partial charge < -0.3 is 14.7 Å². The lowest BCUT2D eigenvalue weighted by Crippen LogP contribution is -2.25. The number of aryl methyl sites for hydroxylation is 2. The molecule has 28 heavy (non-hydrogen) atoms. The van der Waals surface area contributed by atoms with Crippen molar-refractivity contribution >= 4 is 16.9 Å². The maximum absolute atomic E-state index is 12.6. The summed E-state index contributed by atoms with van der Waals surface area (Å²) in [4.78, 5) is 35.8. The third-order valence-electron chi connectivity index (χ3n) is 4.43. The lowest BCUT2D eigenvalue weighted by atomic mass is 10.1. The molecule has 4 rings (SSSR count). The maximum Gasteiger partial charge on any atom is 0.287 e. The fourth-order valence-corrected chi connectivity index (χ4v) is 3.03. The van der Waals surface area contributed by atoms with Crippen molar-refractivity contribution in [3.8, 4) is 11.5 Å². The molecule has 0 aliphatic rings. The van der Waals surface area contributed by atoms with Crippen LogP contribution in [-0.4, -0.2) is 20.9 Å². The van der Waals surface area contributed by atoms with E-state index < -0.39 is 0 Å². The smallest absolute Gasteiger partial charge is 0.287 e. The van der Waals surface area contributed by atoms with E-state index in [-0.39, 0.29) is 23.8 Å². The molecule has 0 aliphatic carbocycles. The number of aromatic nitrogens is 3. The Bertz CT molecular complexity index is 1230. The molecular formula is C21H18N4O3. The Morgan fingerprint density at radius 2 is 2.04 bits per heavy atom. The largest absolute Gasteiger partial charge is 0.451 e. The van der Waals surface area contributed by atoms with Gasteiger partial charge in [0.2, 0.25) is 0 Å². The standard InChI is InChI=1S/C21H18N4O3/c1-12-6-7-17-15(9-12)13(2)19(28-17)21(27)23-11-14-10-18(26)25-20(24-14)16-5-3-4-8-22-16/h3-10H,11H2,1-2H3,(H,23,27)(H,24,25,26). The molecule has 4 aromatic rings. The molecule has 0 fully saturated rings. The van der Waals surface area contributed by atoms with Gasteiger partial charge in [-0.15, -0.1) is 0 Å². The quantitative estimate of drug-likeness (QED) is 0.571. The van der Waals surface area contributed by atoms with Gasteiger partial charge >= 0.3 is 0 Å². The second-order valence-electron chi connectivity index (χ2n) is 6.54. The van der Waals surface area contributed by atoms with Crippen LogP contribution in [0.1, 0.15) is 27.4 Å². The molecule has 0 aliphatic heterocycles. The highest BCUT2D eigenvalue weighted by atomic mass is 16.3. The first-order valence-electron chi connectivity index (χ1n) is 8.81. The Kier molecular flexibility index (Phi) is 4.49. The van der Waals surface area contributed by atoms with E-state index in [2.05, 4.69) is 20.3 Å². The second-order valence-corrected chi connectivity index (χ2v) is 6.54. The molecular weight excluding hydrogens is 356 g/mol. The van der Waals surface area contributed by atoms with Crippen LogP contribution < -0.4 is 10.9 Å². The van der Waals surface area contributed by atoms with Crippen LogP contribution in [-0.2, 0) is 6.54 Å². The zero-order valence-corrected chi connectivity index (χ0v) is 15.4. The van der Waals surface area contributed by atoms with Crippen molar-refractivity contribution < 1.29 is 9.21 Å². The molecule has 7 nitrogen and oxygen atoms in total. The Balaban J connectivity index is 1.56. The average Bonchev–Trinajstić information content (AvgIpc) is 3.02. The van der Waals surface area contributed by atoms with Gasteiger partial charge in [0.15, 0.2) is 11.6 Å².